The molecule has 10 heteroatoms. The van der Waals surface area contributed by atoms with E-state index in [0.29, 0.717) is 17.1 Å². The van der Waals surface area contributed by atoms with Gasteiger partial charge in [-0.2, -0.15) is 5.10 Å². The molecule has 0 bridgehead atoms. The Morgan fingerprint density at radius 1 is 1.16 bits per heavy atom. The summed E-state index contributed by atoms with van der Waals surface area (Å²) in [7, 11) is 0. The van der Waals surface area contributed by atoms with Gasteiger partial charge in [-0.25, -0.2) is 5.43 Å². The maximum absolute atomic E-state index is 12.3. The van der Waals surface area contributed by atoms with Crippen molar-refractivity contribution in [2.75, 3.05) is 6.61 Å². The molecule has 10 nitrogen and oxygen atoms in total. The highest BCUT2D eigenvalue weighted by atomic mass is 16.6. The highest BCUT2D eigenvalue weighted by Gasteiger charge is 2.17. The average Bonchev–Trinajstić information content (AvgIpc) is 3.30. The topological polar surface area (TPSA) is 136 Å². The number of benzene rings is 2. The Morgan fingerprint density at radius 2 is 1.94 bits per heavy atom. The number of nitro groups is 1. The lowest BCUT2D eigenvalue weighted by Gasteiger charge is -2.07. The van der Waals surface area contributed by atoms with Gasteiger partial charge in [0.05, 0.1) is 29.5 Å². The van der Waals surface area contributed by atoms with Crippen molar-refractivity contribution in [3.63, 3.8) is 0 Å². The van der Waals surface area contributed by atoms with Crippen LogP contribution in [0.3, 0.4) is 0 Å². The van der Waals surface area contributed by atoms with Gasteiger partial charge in [0.25, 0.3) is 17.5 Å². The SMILES string of the molecule is Cc1c(C(=O)N/N=C/c2ccc(OCC(=O)NCc3ccco3)cc2)cccc1[N+](=O)[O-]. The molecule has 0 saturated heterocycles. The smallest absolute Gasteiger partial charge is 0.273 e. The van der Waals surface area contributed by atoms with Crippen LogP contribution in [0.1, 0.15) is 27.2 Å². The van der Waals surface area contributed by atoms with E-state index in [4.69, 9.17) is 9.15 Å². The summed E-state index contributed by atoms with van der Waals surface area (Å²) in [5.74, 6) is 0.301. The van der Waals surface area contributed by atoms with Crippen LogP contribution in [0.15, 0.2) is 70.4 Å². The van der Waals surface area contributed by atoms with Crippen LogP contribution in [-0.4, -0.2) is 29.6 Å². The van der Waals surface area contributed by atoms with Crippen LogP contribution in [0.25, 0.3) is 0 Å². The number of hydrogen-bond donors (Lipinski definition) is 2. The van der Waals surface area contributed by atoms with Gasteiger partial charge in [-0.1, -0.05) is 6.07 Å². The number of nitro benzene ring substituents is 1. The van der Waals surface area contributed by atoms with E-state index in [9.17, 15) is 19.7 Å². The third kappa shape index (κ3) is 6.02. The average molecular weight is 436 g/mol. The Labute approximate surface area is 183 Å². The lowest BCUT2D eigenvalue weighted by molar-refractivity contribution is -0.385. The van der Waals surface area contributed by atoms with Crippen LogP contribution in [0.2, 0.25) is 0 Å². The van der Waals surface area contributed by atoms with E-state index >= 15 is 0 Å². The minimum Gasteiger partial charge on any atom is -0.484 e. The molecule has 0 aliphatic rings. The van der Waals surface area contributed by atoms with Gasteiger partial charge in [0.1, 0.15) is 11.5 Å². The molecule has 3 rings (SSSR count). The van der Waals surface area contributed by atoms with Gasteiger partial charge < -0.3 is 14.5 Å². The van der Waals surface area contributed by atoms with E-state index in [2.05, 4.69) is 15.8 Å². The van der Waals surface area contributed by atoms with Crippen molar-refractivity contribution in [2.45, 2.75) is 13.5 Å². The molecule has 3 aromatic rings. The van der Waals surface area contributed by atoms with Crippen LogP contribution < -0.4 is 15.5 Å². The predicted molar refractivity (Wildman–Crippen MR) is 115 cm³/mol. The summed E-state index contributed by atoms with van der Waals surface area (Å²) in [6, 6.07) is 14.5. The number of nitrogens with zero attached hydrogens (tertiary/aromatic N) is 2. The highest BCUT2D eigenvalue weighted by Crippen LogP contribution is 2.20. The number of carbonyl (C=O) groups is 2. The van der Waals surface area contributed by atoms with Gasteiger partial charge >= 0.3 is 0 Å². The molecule has 0 aliphatic heterocycles. The number of furan rings is 1. The van der Waals surface area contributed by atoms with E-state index in [1.54, 1.807) is 36.4 Å². The quantitative estimate of drug-likeness (QED) is 0.301. The third-order valence-corrected chi connectivity index (χ3v) is 4.42. The zero-order valence-corrected chi connectivity index (χ0v) is 17.1. The maximum atomic E-state index is 12.3. The largest absolute Gasteiger partial charge is 0.484 e. The molecule has 0 radical (unpaired) electrons. The summed E-state index contributed by atoms with van der Waals surface area (Å²) in [6.07, 6.45) is 2.95. The van der Waals surface area contributed by atoms with Crippen molar-refractivity contribution < 1.29 is 23.7 Å². The first-order valence-electron chi connectivity index (χ1n) is 9.53. The molecular weight excluding hydrogens is 416 g/mol. The Morgan fingerprint density at radius 3 is 2.62 bits per heavy atom. The fraction of sp³-hybridized carbons (Fsp3) is 0.136. The van der Waals surface area contributed by atoms with Crippen molar-refractivity contribution in [1.82, 2.24) is 10.7 Å². The zero-order chi connectivity index (χ0) is 22.9. The fourth-order valence-corrected chi connectivity index (χ4v) is 2.74. The van der Waals surface area contributed by atoms with Crippen molar-refractivity contribution in [2.24, 2.45) is 5.10 Å². The maximum Gasteiger partial charge on any atom is 0.273 e. The van der Waals surface area contributed by atoms with Crippen molar-refractivity contribution in [3.8, 4) is 5.75 Å². The molecule has 0 saturated carbocycles. The molecule has 2 N–H and O–H groups in total. The molecule has 0 unspecified atom stereocenters. The molecule has 0 fully saturated rings. The molecular formula is C22H20N4O6. The summed E-state index contributed by atoms with van der Waals surface area (Å²) in [5, 5.41) is 17.5. The molecule has 164 valence electrons. The fourth-order valence-electron chi connectivity index (χ4n) is 2.74. The van der Waals surface area contributed by atoms with Gasteiger partial charge in [0.15, 0.2) is 6.61 Å². The minimum absolute atomic E-state index is 0.133. The number of nitrogens with one attached hydrogen (secondary N) is 2. The van der Waals surface area contributed by atoms with E-state index in [1.807, 2.05) is 0 Å². The number of carbonyl (C=O) groups excluding carboxylic acids is 2. The van der Waals surface area contributed by atoms with Crippen LogP contribution in [0, 0.1) is 17.0 Å². The Hall–Kier alpha value is -4.47. The van der Waals surface area contributed by atoms with Crippen LogP contribution in [0.4, 0.5) is 5.69 Å². The lowest BCUT2D eigenvalue weighted by atomic mass is 10.1. The van der Waals surface area contributed by atoms with Crippen LogP contribution >= 0.6 is 0 Å². The van der Waals surface area contributed by atoms with Crippen LogP contribution in [-0.2, 0) is 11.3 Å². The lowest BCUT2D eigenvalue weighted by Crippen LogP contribution is -2.28. The van der Waals surface area contributed by atoms with Gasteiger partial charge in [0, 0.05) is 11.6 Å². The number of hydrogen-bond acceptors (Lipinski definition) is 7. The van der Waals surface area contributed by atoms with Crippen molar-refractivity contribution >= 4 is 23.7 Å². The normalized spacial score (nSPS) is 10.7. The second-order valence-electron chi connectivity index (χ2n) is 6.62. The highest BCUT2D eigenvalue weighted by molar-refractivity contribution is 5.97. The van der Waals surface area contributed by atoms with E-state index in [0.717, 1.165) is 0 Å². The Balaban J connectivity index is 1.48. The summed E-state index contributed by atoms with van der Waals surface area (Å²) in [5.41, 5.74) is 3.33. The monoisotopic (exact) mass is 436 g/mol. The molecule has 0 aliphatic carbocycles. The van der Waals surface area contributed by atoms with Gasteiger partial charge in [-0.05, 0) is 55.0 Å². The number of hydrazone groups is 1. The second-order valence-corrected chi connectivity index (χ2v) is 6.62. The molecule has 2 aromatic carbocycles. The van der Waals surface area contributed by atoms with Gasteiger partial charge in [-0.15, -0.1) is 0 Å². The van der Waals surface area contributed by atoms with E-state index in [-0.39, 0.29) is 35.9 Å². The van der Waals surface area contributed by atoms with Gasteiger partial charge in [-0.3, -0.25) is 19.7 Å². The molecule has 0 spiro atoms. The number of rotatable bonds is 9. The molecule has 1 heterocycles. The van der Waals surface area contributed by atoms with E-state index < -0.39 is 10.8 Å². The second kappa shape index (κ2) is 10.5. The van der Waals surface area contributed by atoms with Crippen molar-refractivity contribution in [3.05, 3.63) is 93.4 Å². The standard InChI is InChI=1S/C22H20N4O6/c1-15-19(5-2-6-20(15)26(29)30)22(28)25-24-12-16-7-9-17(10-8-16)32-14-21(27)23-13-18-4-3-11-31-18/h2-12H,13-14H2,1H3,(H,23,27)(H,25,28)/b24-12+. The molecule has 1 aromatic heterocycles. The predicted octanol–water partition coefficient (Wildman–Crippen LogP) is 2.96. The summed E-state index contributed by atoms with van der Waals surface area (Å²) in [6.45, 7) is 1.64. The molecule has 0 atom stereocenters. The first-order chi connectivity index (χ1) is 15.4. The Kier molecular flexibility index (Phi) is 7.31. The summed E-state index contributed by atoms with van der Waals surface area (Å²) >= 11 is 0. The number of amides is 2. The summed E-state index contributed by atoms with van der Waals surface area (Å²) in [4.78, 5) is 34.5. The van der Waals surface area contributed by atoms with Crippen molar-refractivity contribution in [1.29, 1.82) is 0 Å². The zero-order valence-electron chi connectivity index (χ0n) is 17.1. The summed E-state index contributed by atoms with van der Waals surface area (Å²) < 4.78 is 10.6. The van der Waals surface area contributed by atoms with E-state index in [1.165, 1.54) is 37.6 Å². The minimum atomic E-state index is -0.553. The van der Waals surface area contributed by atoms with Crippen LogP contribution in [0.5, 0.6) is 5.75 Å². The first kappa shape index (κ1) is 22.2. The molecule has 32 heavy (non-hydrogen) atoms. The first-order valence-corrected chi connectivity index (χ1v) is 9.53. The van der Waals surface area contributed by atoms with Gasteiger partial charge in [0.2, 0.25) is 0 Å². The molecule has 2 amide bonds. The Bertz CT molecular complexity index is 1120. The third-order valence-electron chi connectivity index (χ3n) is 4.42. The number of ether oxygens (including phenoxy) is 1.